The van der Waals surface area contributed by atoms with Crippen LogP contribution in [-0.4, -0.2) is 48.0 Å². The summed E-state index contributed by atoms with van der Waals surface area (Å²) in [6.45, 7) is 4.81. The Labute approximate surface area is 259 Å². The van der Waals surface area contributed by atoms with Crippen molar-refractivity contribution in [2.45, 2.75) is 30.2 Å². The molecule has 0 radical (unpaired) electrons. The lowest BCUT2D eigenvalue weighted by molar-refractivity contribution is -0.129. The number of ether oxygens (including phenoxy) is 2. The van der Waals surface area contributed by atoms with Crippen molar-refractivity contribution in [2.24, 2.45) is 4.99 Å². The molecular formula is C31H32Cl2FN3O4S. The molecule has 0 bridgehead atoms. The van der Waals surface area contributed by atoms with E-state index in [-0.39, 0.29) is 24.7 Å². The molecular weight excluding hydrogens is 600 g/mol. The summed E-state index contributed by atoms with van der Waals surface area (Å²) in [5.41, 5.74) is 6.63. The molecule has 0 saturated carbocycles. The van der Waals surface area contributed by atoms with E-state index in [0.29, 0.717) is 52.2 Å². The van der Waals surface area contributed by atoms with E-state index in [1.807, 2.05) is 0 Å². The van der Waals surface area contributed by atoms with Gasteiger partial charge < -0.3 is 14.6 Å². The molecule has 3 N–H and O–H groups in total. The summed E-state index contributed by atoms with van der Waals surface area (Å²) in [6.07, 6.45) is 1.48. The molecule has 1 aliphatic heterocycles. The molecule has 1 aliphatic rings. The number of amides is 1. The average Bonchev–Trinajstić information content (AvgIpc) is 3.36. The van der Waals surface area contributed by atoms with E-state index in [1.54, 1.807) is 72.4 Å². The zero-order valence-electron chi connectivity index (χ0n) is 22.8. The third-order valence-electron chi connectivity index (χ3n) is 6.49. The van der Waals surface area contributed by atoms with Gasteiger partial charge in [0.25, 0.3) is 5.91 Å². The minimum Gasteiger partial charge on any atom is -0.494 e. The minimum absolute atomic E-state index is 0.0501. The predicted octanol–water partition coefficient (Wildman–Crippen LogP) is 6.28. The summed E-state index contributed by atoms with van der Waals surface area (Å²) >= 11 is 14.4. The zero-order chi connectivity index (χ0) is 30.0. The normalized spacial score (nSPS) is 17.8. The van der Waals surface area contributed by atoms with Gasteiger partial charge in [-0.3, -0.25) is 10.2 Å². The fourth-order valence-electron chi connectivity index (χ4n) is 4.37. The molecule has 0 spiro atoms. The second kappa shape index (κ2) is 15.4. The Hall–Kier alpha value is -3.08. The maximum atomic E-state index is 13.8. The summed E-state index contributed by atoms with van der Waals surface area (Å²) in [4.78, 5) is 18.7. The van der Waals surface area contributed by atoms with Crippen molar-refractivity contribution in [3.8, 4) is 5.75 Å². The van der Waals surface area contributed by atoms with Crippen LogP contribution >= 0.6 is 35.0 Å². The molecule has 11 heteroatoms. The van der Waals surface area contributed by atoms with Gasteiger partial charge in [0.05, 0.1) is 6.61 Å². The van der Waals surface area contributed by atoms with E-state index < -0.39 is 17.6 Å². The number of halogens is 3. The Morgan fingerprint density at radius 1 is 1.17 bits per heavy atom. The van der Waals surface area contributed by atoms with Crippen molar-refractivity contribution < 1.29 is 23.8 Å². The first-order valence-electron chi connectivity index (χ1n) is 13.4. The number of aliphatic imine (C=N–C) groups is 1. The van der Waals surface area contributed by atoms with Gasteiger partial charge in [-0.2, -0.15) is 11.8 Å². The van der Waals surface area contributed by atoms with Crippen molar-refractivity contribution in [3.63, 3.8) is 0 Å². The molecule has 0 aliphatic carbocycles. The zero-order valence-corrected chi connectivity index (χ0v) is 25.2. The van der Waals surface area contributed by atoms with Crippen molar-refractivity contribution >= 4 is 46.8 Å². The Kier molecular flexibility index (Phi) is 11.7. The second-order valence-electron chi connectivity index (χ2n) is 9.51. The molecule has 4 rings (SSSR count). The molecule has 0 aromatic heterocycles. The quantitative estimate of drug-likeness (QED) is 0.104. The molecule has 1 heterocycles. The van der Waals surface area contributed by atoms with E-state index in [0.717, 1.165) is 11.3 Å². The van der Waals surface area contributed by atoms with Gasteiger partial charge in [0.2, 0.25) is 5.90 Å². The van der Waals surface area contributed by atoms with Gasteiger partial charge in [0.1, 0.15) is 11.6 Å². The van der Waals surface area contributed by atoms with E-state index in [1.165, 1.54) is 12.1 Å². The van der Waals surface area contributed by atoms with Crippen LogP contribution in [0.3, 0.4) is 0 Å². The smallest absolute Gasteiger partial charge is 0.266 e. The fourth-order valence-corrected chi connectivity index (χ4v) is 5.70. The van der Waals surface area contributed by atoms with Crippen LogP contribution in [0.2, 0.25) is 10.0 Å². The van der Waals surface area contributed by atoms with Crippen LogP contribution in [0.25, 0.3) is 0 Å². The molecule has 2 atom stereocenters. The number of aliphatic hydroxyl groups is 1. The third kappa shape index (κ3) is 8.05. The monoisotopic (exact) mass is 631 g/mol. The molecule has 0 unspecified atom stereocenters. The summed E-state index contributed by atoms with van der Waals surface area (Å²) in [7, 11) is 0. The van der Waals surface area contributed by atoms with Crippen LogP contribution in [0, 0.1) is 5.82 Å². The molecule has 7 nitrogen and oxygen atoms in total. The molecule has 3 aromatic carbocycles. The molecule has 3 aromatic rings. The van der Waals surface area contributed by atoms with Crippen molar-refractivity contribution in [1.29, 1.82) is 0 Å². The van der Waals surface area contributed by atoms with E-state index in [4.69, 9.17) is 42.8 Å². The summed E-state index contributed by atoms with van der Waals surface area (Å²) in [5, 5.41) is 9.79. The summed E-state index contributed by atoms with van der Waals surface area (Å²) < 4.78 is 25.1. The average molecular weight is 633 g/mol. The number of nitrogens with one attached hydrogen (secondary N) is 2. The van der Waals surface area contributed by atoms with Crippen molar-refractivity contribution in [2.75, 3.05) is 25.5 Å². The first-order chi connectivity index (χ1) is 20.4. The van der Waals surface area contributed by atoms with Crippen LogP contribution < -0.4 is 15.6 Å². The van der Waals surface area contributed by atoms with Gasteiger partial charge in [-0.15, -0.1) is 6.58 Å². The van der Waals surface area contributed by atoms with Gasteiger partial charge in [0.15, 0.2) is 11.6 Å². The Balaban J connectivity index is 1.50. The number of hydrogen-bond donors (Lipinski definition) is 3. The standard InChI is InChI=1S/C31H32Cl2FN3O4S/c1-2-14-31(30(39)37-35-15-18-42-20-21-4-9-24(34)10-5-21)28(26-13-8-23(32)19-27(26)33)41-29(36-31)22-6-11-25(12-7-22)40-17-3-16-38/h2,4-13,19,28,35,38H,1,3,14-18,20H2,(H,37,39)/t28-,31-/m0/s1. The molecule has 222 valence electrons. The van der Waals surface area contributed by atoms with Gasteiger partial charge in [0, 0.05) is 58.7 Å². The number of rotatable bonds is 15. The van der Waals surface area contributed by atoms with Crippen LogP contribution in [-0.2, 0) is 15.3 Å². The number of carbonyl (C=O) groups excluding carboxylic acids is 1. The van der Waals surface area contributed by atoms with Crippen LogP contribution in [0.4, 0.5) is 4.39 Å². The lowest BCUT2D eigenvalue weighted by atomic mass is 9.84. The Morgan fingerprint density at radius 3 is 2.62 bits per heavy atom. The number of hydrazine groups is 1. The van der Waals surface area contributed by atoms with E-state index in [9.17, 15) is 9.18 Å². The van der Waals surface area contributed by atoms with Crippen molar-refractivity contribution in [1.82, 2.24) is 10.9 Å². The van der Waals surface area contributed by atoms with Gasteiger partial charge in [-0.05, 0) is 54.1 Å². The number of carbonyl (C=O) groups is 1. The number of thioether (sulfide) groups is 1. The minimum atomic E-state index is -1.40. The van der Waals surface area contributed by atoms with Crippen LogP contribution in [0.1, 0.15) is 35.6 Å². The number of benzene rings is 3. The highest BCUT2D eigenvalue weighted by atomic mass is 35.5. The largest absolute Gasteiger partial charge is 0.494 e. The highest BCUT2D eigenvalue weighted by Gasteiger charge is 2.53. The highest BCUT2D eigenvalue weighted by Crippen LogP contribution is 2.45. The SMILES string of the molecule is C=CC[C@]1(C(=O)NNCCSCc2ccc(F)cc2)N=C(c2ccc(OCCCO)cc2)O[C@H]1c1ccc(Cl)cc1Cl. The van der Waals surface area contributed by atoms with Gasteiger partial charge >= 0.3 is 0 Å². The van der Waals surface area contributed by atoms with Gasteiger partial charge in [-0.25, -0.2) is 14.8 Å². The number of aliphatic hydroxyl groups excluding tert-OH is 1. The molecule has 1 amide bonds. The molecule has 42 heavy (non-hydrogen) atoms. The van der Waals surface area contributed by atoms with E-state index >= 15 is 0 Å². The van der Waals surface area contributed by atoms with E-state index in [2.05, 4.69) is 17.4 Å². The lowest BCUT2D eigenvalue weighted by Crippen LogP contribution is -2.53. The highest BCUT2D eigenvalue weighted by molar-refractivity contribution is 7.98. The predicted molar refractivity (Wildman–Crippen MR) is 167 cm³/mol. The van der Waals surface area contributed by atoms with Gasteiger partial charge in [-0.1, -0.05) is 47.5 Å². The maximum Gasteiger partial charge on any atom is 0.266 e. The van der Waals surface area contributed by atoms with Crippen molar-refractivity contribution in [3.05, 3.63) is 112 Å². The Morgan fingerprint density at radius 2 is 1.93 bits per heavy atom. The first kappa shape index (κ1) is 31.8. The second-order valence-corrected chi connectivity index (χ2v) is 11.5. The topological polar surface area (TPSA) is 92.2 Å². The molecule has 0 saturated heterocycles. The summed E-state index contributed by atoms with van der Waals surface area (Å²) in [5.74, 6) is 1.68. The fraction of sp³-hybridized carbons (Fsp3) is 0.290. The third-order valence-corrected chi connectivity index (χ3v) is 8.08. The summed E-state index contributed by atoms with van der Waals surface area (Å²) in [6, 6.07) is 18.6. The number of nitrogens with zero attached hydrogens (tertiary/aromatic N) is 1. The molecule has 0 fully saturated rings. The number of hydrogen-bond acceptors (Lipinski definition) is 7. The Bertz CT molecular complexity index is 1390. The first-order valence-corrected chi connectivity index (χ1v) is 15.3. The lowest BCUT2D eigenvalue weighted by Gasteiger charge is -2.30. The van der Waals surface area contributed by atoms with Crippen LogP contribution in [0.5, 0.6) is 5.75 Å². The maximum absolute atomic E-state index is 13.8. The van der Waals surface area contributed by atoms with Crippen LogP contribution in [0.15, 0.2) is 84.4 Å².